The third-order valence-corrected chi connectivity index (χ3v) is 4.89. The largest absolute Gasteiger partial charge is 0.481 e. The van der Waals surface area contributed by atoms with E-state index in [9.17, 15) is 14.7 Å². The Morgan fingerprint density at radius 1 is 1.14 bits per heavy atom. The van der Waals surface area contributed by atoms with E-state index >= 15 is 0 Å². The standard InChI is InChI=1S/C18H21NO3/c1-10(2)13-5-3-4-6-14(13)19-17(20)15-11-7-8-12(9-11)16(15)18(21)22/h3-8,10-12,15-16H,9H2,1-2H3,(H,19,20)(H,21,22)/t11-,12-,15+,16+/m0/s1. The number of hydrogen-bond donors (Lipinski definition) is 2. The van der Waals surface area contributed by atoms with Crippen LogP contribution in [0.25, 0.3) is 0 Å². The summed E-state index contributed by atoms with van der Waals surface area (Å²) in [5, 5.41) is 12.4. The number of fused-ring (bicyclic) bond motifs is 2. The molecule has 0 saturated heterocycles. The fourth-order valence-electron chi connectivity index (χ4n) is 3.85. The molecule has 0 heterocycles. The number of benzene rings is 1. The van der Waals surface area contributed by atoms with E-state index in [0.717, 1.165) is 17.7 Å². The normalized spacial score (nSPS) is 29.0. The van der Waals surface area contributed by atoms with Crippen molar-refractivity contribution in [2.24, 2.45) is 23.7 Å². The lowest BCUT2D eigenvalue weighted by molar-refractivity contribution is -0.146. The van der Waals surface area contributed by atoms with Crippen molar-refractivity contribution < 1.29 is 14.7 Å². The maximum Gasteiger partial charge on any atom is 0.307 e. The number of carbonyl (C=O) groups is 2. The number of hydrogen-bond acceptors (Lipinski definition) is 2. The molecule has 1 aromatic carbocycles. The zero-order chi connectivity index (χ0) is 15.9. The predicted octanol–water partition coefficient (Wildman–Crippen LogP) is 3.27. The summed E-state index contributed by atoms with van der Waals surface area (Å²) in [4.78, 5) is 24.2. The summed E-state index contributed by atoms with van der Waals surface area (Å²) in [5.41, 5.74) is 1.86. The van der Waals surface area contributed by atoms with Gasteiger partial charge in [-0.2, -0.15) is 0 Å². The van der Waals surface area contributed by atoms with Crippen molar-refractivity contribution in [2.75, 3.05) is 5.32 Å². The molecule has 22 heavy (non-hydrogen) atoms. The molecule has 116 valence electrons. The molecular formula is C18H21NO3. The highest BCUT2D eigenvalue weighted by Crippen LogP contribution is 2.48. The molecule has 1 amide bonds. The summed E-state index contributed by atoms with van der Waals surface area (Å²) < 4.78 is 0. The Kier molecular flexibility index (Phi) is 3.77. The Labute approximate surface area is 130 Å². The number of nitrogens with one attached hydrogen (secondary N) is 1. The molecular weight excluding hydrogens is 278 g/mol. The molecule has 4 atom stereocenters. The van der Waals surface area contributed by atoms with Crippen molar-refractivity contribution in [1.29, 1.82) is 0 Å². The van der Waals surface area contributed by atoms with E-state index in [-0.39, 0.29) is 17.7 Å². The van der Waals surface area contributed by atoms with Crippen LogP contribution in [0.5, 0.6) is 0 Å². The number of amides is 1. The Balaban J connectivity index is 1.83. The fraction of sp³-hybridized carbons (Fsp3) is 0.444. The van der Waals surface area contributed by atoms with Crippen LogP contribution in [0, 0.1) is 23.7 Å². The van der Waals surface area contributed by atoms with Crippen LogP contribution in [0.4, 0.5) is 5.69 Å². The summed E-state index contributed by atoms with van der Waals surface area (Å²) in [5.74, 6) is -1.75. The molecule has 0 unspecified atom stereocenters. The van der Waals surface area contributed by atoms with Crippen molar-refractivity contribution in [3.8, 4) is 0 Å². The van der Waals surface area contributed by atoms with Crippen LogP contribution in [0.1, 0.15) is 31.7 Å². The van der Waals surface area contributed by atoms with Crippen LogP contribution < -0.4 is 5.32 Å². The van der Waals surface area contributed by atoms with Gasteiger partial charge in [0.2, 0.25) is 5.91 Å². The lowest BCUT2D eigenvalue weighted by atomic mass is 9.82. The first-order valence-corrected chi connectivity index (χ1v) is 7.80. The number of carboxylic acid groups (broad SMARTS) is 1. The van der Waals surface area contributed by atoms with Gasteiger partial charge < -0.3 is 10.4 Å². The van der Waals surface area contributed by atoms with E-state index in [1.54, 1.807) is 0 Å². The third kappa shape index (κ3) is 2.43. The summed E-state index contributed by atoms with van der Waals surface area (Å²) in [7, 11) is 0. The van der Waals surface area contributed by atoms with Gasteiger partial charge >= 0.3 is 5.97 Å². The lowest BCUT2D eigenvalue weighted by Crippen LogP contribution is -2.36. The monoisotopic (exact) mass is 299 g/mol. The molecule has 3 rings (SSSR count). The van der Waals surface area contributed by atoms with E-state index in [1.807, 2.05) is 36.4 Å². The van der Waals surface area contributed by atoms with Crippen LogP contribution in [0.2, 0.25) is 0 Å². The molecule has 4 heteroatoms. The molecule has 2 aliphatic carbocycles. The smallest absolute Gasteiger partial charge is 0.307 e. The second kappa shape index (κ2) is 5.59. The number of carbonyl (C=O) groups excluding carboxylic acids is 1. The van der Waals surface area contributed by atoms with Crippen LogP contribution >= 0.6 is 0 Å². The first-order chi connectivity index (χ1) is 10.5. The molecule has 1 fully saturated rings. The topological polar surface area (TPSA) is 66.4 Å². The molecule has 0 radical (unpaired) electrons. The van der Waals surface area contributed by atoms with Crippen molar-refractivity contribution in [1.82, 2.24) is 0 Å². The molecule has 2 bridgehead atoms. The lowest BCUT2D eigenvalue weighted by Gasteiger charge is -2.24. The summed E-state index contributed by atoms with van der Waals surface area (Å²) in [6.07, 6.45) is 4.74. The molecule has 0 aromatic heterocycles. The van der Waals surface area contributed by atoms with Crippen LogP contribution in [-0.2, 0) is 9.59 Å². The Morgan fingerprint density at radius 2 is 1.77 bits per heavy atom. The highest BCUT2D eigenvalue weighted by atomic mass is 16.4. The number of anilines is 1. The number of carboxylic acids is 1. The number of rotatable bonds is 4. The highest BCUT2D eigenvalue weighted by Gasteiger charge is 2.51. The molecule has 2 N–H and O–H groups in total. The third-order valence-electron chi connectivity index (χ3n) is 4.89. The van der Waals surface area contributed by atoms with Gasteiger partial charge in [0.15, 0.2) is 0 Å². The van der Waals surface area contributed by atoms with Gasteiger partial charge in [-0.1, -0.05) is 44.2 Å². The Bertz CT molecular complexity index is 635. The van der Waals surface area contributed by atoms with E-state index < -0.39 is 17.8 Å². The van der Waals surface area contributed by atoms with Gasteiger partial charge in [0, 0.05) is 5.69 Å². The van der Waals surface area contributed by atoms with E-state index in [0.29, 0.717) is 5.92 Å². The van der Waals surface area contributed by atoms with Gasteiger partial charge in [0.05, 0.1) is 11.8 Å². The van der Waals surface area contributed by atoms with Gasteiger partial charge in [0.1, 0.15) is 0 Å². The molecule has 1 saturated carbocycles. The minimum absolute atomic E-state index is 0.00130. The van der Waals surface area contributed by atoms with Crippen molar-refractivity contribution in [2.45, 2.75) is 26.2 Å². The van der Waals surface area contributed by atoms with Crippen molar-refractivity contribution >= 4 is 17.6 Å². The van der Waals surface area contributed by atoms with Crippen LogP contribution in [0.15, 0.2) is 36.4 Å². The van der Waals surface area contributed by atoms with Gasteiger partial charge in [-0.3, -0.25) is 9.59 Å². The summed E-state index contributed by atoms with van der Waals surface area (Å²) in [6, 6.07) is 7.71. The van der Waals surface area contributed by atoms with E-state index in [2.05, 4.69) is 19.2 Å². The quantitative estimate of drug-likeness (QED) is 0.839. The maximum atomic E-state index is 12.7. The summed E-state index contributed by atoms with van der Waals surface area (Å²) >= 11 is 0. The molecule has 0 spiro atoms. The first kappa shape index (κ1) is 14.8. The first-order valence-electron chi connectivity index (χ1n) is 7.80. The zero-order valence-corrected chi connectivity index (χ0v) is 12.8. The highest BCUT2D eigenvalue weighted by molar-refractivity contribution is 5.97. The fourth-order valence-corrected chi connectivity index (χ4v) is 3.85. The molecule has 1 aromatic rings. The van der Waals surface area contributed by atoms with Crippen LogP contribution in [-0.4, -0.2) is 17.0 Å². The van der Waals surface area contributed by atoms with Crippen molar-refractivity contribution in [3.63, 3.8) is 0 Å². The van der Waals surface area contributed by atoms with Gasteiger partial charge in [0.25, 0.3) is 0 Å². The molecule has 4 nitrogen and oxygen atoms in total. The van der Waals surface area contributed by atoms with Gasteiger partial charge in [-0.05, 0) is 35.8 Å². The average molecular weight is 299 g/mol. The van der Waals surface area contributed by atoms with E-state index in [4.69, 9.17) is 0 Å². The second-order valence-electron chi connectivity index (χ2n) is 6.57. The number of para-hydroxylation sites is 1. The molecule has 2 aliphatic rings. The SMILES string of the molecule is CC(C)c1ccccc1NC(=O)[C@H]1[C@H](C(=O)O)[C@H]2C=C[C@H]1C2. The number of allylic oxidation sites excluding steroid dienone is 2. The minimum Gasteiger partial charge on any atom is -0.481 e. The van der Waals surface area contributed by atoms with Crippen LogP contribution in [0.3, 0.4) is 0 Å². The Hall–Kier alpha value is -2.10. The van der Waals surface area contributed by atoms with E-state index in [1.165, 1.54) is 0 Å². The Morgan fingerprint density at radius 3 is 2.41 bits per heavy atom. The second-order valence-corrected chi connectivity index (χ2v) is 6.57. The zero-order valence-electron chi connectivity index (χ0n) is 12.8. The maximum absolute atomic E-state index is 12.7. The van der Waals surface area contributed by atoms with Gasteiger partial charge in [-0.15, -0.1) is 0 Å². The minimum atomic E-state index is -0.867. The average Bonchev–Trinajstić information content (AvgIpc) is 3.08. The van der Waals surface area contributed by atoms with Crippen molar-refractivity contribution in [3.05, 3.63) is 42.0 Å². The number of aliphatic carboxylic acids is 1. The summed E-state index contributed by atoms with van der Waals surface area (Å²) in [6.45, 7) is 4.15. The van der Waals surface area contributed by atoms with Gasteiger partial charge in [-0.25, -0.2) is 0 Å². The molecule has 0 aliphatic heterocycles. The predicted molar refractivity (Wildman–Crippen MR) is 84.5 cm³/mol.